The summed E-state index contributed by atoms with van der Waals surface area (Å²) in [5.74, 6) is 0.0863. The standard InChI is InChI=1S/C15H19N3O3/c19-15(20)9-5-4-6-13-12-18(17-16-13)10-11-21-14-7-2-1-3-8-14/h1-3,7-8,12H,4-6,9-11H2,(H,19,20). The van der Waals surface area contributed by atoms with Gasteiger partial charge in [0, 0.05) is 12.6 Å². The van der Waals surface area contributed by atoms with Crippen LogP contribution >= 0.6 is 0 Å². The van der Waals surface area contributed by atoms with Gasteiger partial charge in [0.1, 0.15) is 12.4 Å². The van der Waals surface area contributed by atoms with Crippen molar-refractivity contribution in [2.45, 2.75) is 32.2 Å². The van der Waals surface area contributed by atoms with Gasteiger partial charge in [-0.3, -0.25) is 4.79 Å². The van der Waals surface area contributed by atoms with Crippen LogP contribution in [0.15, 0.2) is 36.5 Å². The number of rotatable bonds is 9. The second-order valence-electron chi connectivity index (χ2n) is 4.74. The maximum absolute atomic E-state index is 10.4. The average Bonchev–Trinajstić information content (AvgIpc) is 2.92. The molecule has 0 bridgehead atoms. The van der Waals surface area contributed by atoms with E-state index in [1.165, 1.54) is 0 Å². The molecule has 0 radical (unpaired) electrons. The molecule has 112 valence electrons. The highest BCUT2D eigenvalue weighted by Gasteiger charge is 2.02. The number of carbonyl (C=O) groups is 1. The van der Waals surface area contributed by atoms with E-state index in [0.29, 0.717) is 19.6 Å². The van der Waals surface area contributed by atoms with Crippen LogP contribution in [-0.2, 0) is 17.8 Å². The van der Waals surface area contributed by atoms with E-state index in [1.807, 2.05) is 36.5 Å². The van der Waals surface area contributed by atoms with E-state index in [2.05, 4.69) is 10.3 Å². The lowest BCUT2D eigenvalue weighted by Crippen LogP contribution is -2.08. The Balaban J connectivity index is 1.67. The second kappa shape index (κ2) is 8.04. The van der Waals surface area contributed by atoms with Gasteiger partial charge >= 0.3 is 5.97 Å². The molecule has 0 saturated carbocycles. The maximum Gasteiger partial charge on any atom is 0.303 e. The van der Waals surface area contributed by atoms with Crippen molar-refractivity contribution in [3.8, 4) is 5.75 Å². The van der Waals surface area contributed by atoms with Gasteiger partial charge in [0.15, 0.2) is 0 Å². The largest absolute Gasteiger partial charge is 0.492 e. The van der Waals surface area contributed by atoms with Crippen molar-refractivity contribution in [3.05, 3.63) is 42.2 Å². The Bertz CT molecular complexity index is 554. The number of nitrogens with zero attached hydrogens (tertiary/aromatic N) is 3. The number of ether oxygens (including phenoxy) is 1. The van der Waals surface area contributed by atoms with Crippen molar-refractivity contribution in [2.75, 3.05) is 6.61 Å². The Morgan fingerprint density at radius 2 is 2.05 bits per heavy atom. The molecule has 2 aromatic rings. The van der Waals surface area contributed by atoms with Crippen molar-refractivity contribution < 1.29 is 14.6 Å². The molecule has 0 aliphatic heterocycles. The zero-order valence-electron chi connectivity index (χ0n) is 11.8. The first-order valence-electron chi connectivity index (χ1n) is 7.03. The van der Waals surface area contributed by atoms with Crippen LogP contribution in [0.4, 0.5) is 0 Å². The summed E-state index contributed by atoms with van der Waals surface area (Å²) in [7, 11) is 0. The molecular weight excluding hydrogens is 270 g/mol. The summed E-state index contributed by atoms with van der Waals surface area (Å²) in [6.07, 6.45) is 4.33. The average molecular weight is 289 g/mol. The number of hydrogen-bond donors (Lipinski definition) is 1. The number of aromatic nitrogens is 3. The molecule has 1 aromatic carbocycles. The van der Waals surface area contributed by atoms with E-state index in [-0.39, 0.29) is 6.42 Å². The first-order chi connectivity index (χ1) is 10.2. The number of carboxylic acids is 1. The number of carboxylic acid groups (broad SMARTS) is 1. The van der Waals surface area contributed by atoms with Crippen LogP contribution in [0.5, 0.6) is 5.75 Å². The molecule has 2 rings (SSSR count). The predicted molar refractivity (Wildman–Crippen MR) is 77.1 cm³/mol. The van der Waals surface area contributed by atoms with Gasteiger partial charge in [-0.1, -0.05) is 23.4 Å². The third-order valence-electron chi connectivity index (χ3n) is 2.99. The van der Waals surface area contributed by atoms with Crippen molar-refractivity contribution >= 4 is 5.97 Å². The normalized spacial score (nSPS) is 10.5. The topological polar surface area (TPSA) is 77.2 Å². The van der Waals surface area contributed by atoms with E-state index in [0.717, 1.165) is 24.3 Å². The first kappa shape index (κ1) is 15.0. The molecule has 0 aliphatic carbocycles. The number of unbranched alkanes of at least 4 members (excludes halogenated alkanes) is 1. The molecule has 0 atom stereocenters. The summed E-state index contributed by atoms with van der Waals surface area (Å²) in [5.41, 5.74) is 0.889. The Kier molecular flexibility index (Phi) is 5.75. The van der Waals surface area contributed by atoms with Crippen LogP contribution in [0.25, 0.3) is 0 Å². The van der Waals surface area contributed by atoms with Crippen LogP contribution < -0.4 is 4.74 Å². The molecule has 0 spiro atoms. The molecule has 0 saturated heterocycles. The Morgan fingerprint density at radius 3 is 2.81 bits per heavy atom. The van der Waals surface area contributed by atoms with Gasteiger partial charge in [0.05, 0.1) is 12.2 Å². The minimum Gasteiger partial charge on any atom is -0.492 e. The highest BCUT2D eigenvalue weighted by Crippen LogP contribution is 2.08. The van der Waals surface area contributed by atoms with Gasteiger partial charge < -0.3 is 9.84 Å². The van der Waals surface area contributed by atoms with Crippen molar-refractivity contribution in [3.63, 3.8) is 0 Å². The van der Waals surface area contributed by atoms with Gasteiger partial charge in [-0.05, 0) is 31.4 Å². The maximum atomic E-state index is 10.4. The summed E-state index contributed by atoms with van der Waals surface area (Å²) < 4.78 is 7.34. The van der Waals surface area contributed by atoms with Crippen LogP contribution in [0.2, 0.25) is 0 Å². The van der Waals surface area contributed by atoms with Crippen molar-refractivity contribution in [1.82, 2.24) is 15.0 Å². The van der Waals surface area contributed by atoms with Crippen molar-refractivity contribution in [2.24, 2.45) is 0 Å². The second-order valence-corrected chi connectivity index (χ2v) is 4.74. The zero-order chi connectivity index (χ0) is 14.9. The predicted octanol–water partition coefficient (Wildman–Crippen LogP) is 2.15. The molecule has 21 heavy (non-hydrogen) atoms. The van der Waals surface area contributed by atoms with Crippen LogP contribution in [0.3, 0.4) is 0 Å². The highest BCUT2D eigenvalue weighted by molar-refractivity contribution is 5.66. The molecular formula is C15H19N3O3. The SMILES string of the molecule is O=C(O)CCCCc1cn(CCOc2ccccc2)nn1. The third kappa shape index (κ3) is 5.64. The highest BCUT2D eigenvalue weighted by atomic mass is 16.5. The molecule has 0 aliphatic rings. The molecule has 0 fully saturated rings. The number of hydrogen-bond acceptors (Lipinski definition) is 4. The van der Waals surface area contributed by atoms with Gasteiger partial charge in [-0.15, -0.1) is 5.10 Å². The third-order valence-corrected chi connectivity index (χ3v) is 2.99. The Hall–Kier alpha value is -2.37. The molecule has 0 unspecified atom stereocenters. The van der Waals surface area contributed by atoms with E-state index >= 15 is 0 Å². The fourth-order valence-electron chi connectivity index (χ4n) is 1.92. The molecule has 0 amide bonds. The van der Waals surface area contributed by atoms with E-state index in [1.54, 1.807) is 4.68 Å². The minimum absolute atomic E-state index is 0.207. The number of para-hydroxylation sites is 1. The summed E-state index contributed by atoms with van der Waals surface area (Å²) in [6.45, 7) is 1.17. The zero-order valence-corrected chi connectivity index (χ0v) is 11.8. The van der Waals surface area contributed by atoms with E-state index in [9.17, 15) is 4.79 Å². The van der Waals surface area contributed by atoms with Gasteiger partial charge in [0.2, 0.25) is 0 Å². The lowest BCUT2D eigenvalue weighted by molar-refractivity contribution is -0.137. The molecule has 1 N–H and O–H groups in total. The van der Waals surface area contributed by atoms with Crippen LogP contribution in [0, 0.1) is 0 Å². The Labute approximate surface area is 123 Å². The van der Waals surface area contributed by atoms with Crippen LogP contribution in [-0.4, -0.2) is 32.7 Å². The van der Waals surface area contributed by atoms with E-state index < -0.39 is 5.97 Å². The quantitative estimate of drug-likeness (QED) is 0.716. The number of aliphatic carboxylic acids is 1. The number of benzene rings is 1. The fourth-order valence-corrected chi connectivity index (χ4v) is 1.92. The summed E-state index contributed by atoms with van der Waals surface area (Å²) in [6, 6.07) is 9.63. The van der Waals surface area contributed by atoms with Gasteiger partial charge in [-0.25, -0.2) is 4.68 Å². The minimum atomic E-state index is -0.753. The molecule has 1 heterocycles. The fraction of sp³-hybridized carbons (Fsp3) is 0.400. The lowest BCUT2D eigenvalue weighted by Gasteiger charge is -2.04. The van der Waals surface area contributed by atoms with Crippen LogP contribution in [0.1, 0.15) is 25.0 Å². The Morgan fingerprint density at radius 1 is 1.24 bits per heavy atom. The summed E-state index contributed by atoms with van der Waals surface area (Å²) >= 11 is 0. The van der Waals surface area contributed by atoms with Gasteiger partial charge in [0.25, 0.3) is 0 Å². The van der Waals surface area contributed by atoms with E-state index in [4.69, 9.17) is 9.84 Å². The molecule has 6 nitrogen and oxygen atoms in total. The number of aryl methyl sites for hydroxylation is 1. The lowest BCUT2D eigenvalue weighted by atomic mass is 10.1. The summed E-state index contributed by atoms with van der Waals surface area (Å²) in [5, 5.41) is 16.7. The molecule has 1 aromatic heterocycles. The monoisotopic (exact) mass is 289 g/mol. The summed E-state index contributed by atoms with van der Waals surface area (Å²) in [4.78, 5) is 10.4. The first-order valence-corrected chi connectivity index (χ1v) is 7.03. The van der Waals surface area contributed by atoms with Crippen molar-refractivity contribution in [1.29, 1.82) is 0 Å². The molecule has 6 heteroatoms. The smallest absolute Gasteiger partial charge is 0.303 e. The van der Waals surface area contributed by atoms with Gasteiger partial charge in [-0.2, -0.15) is 0 Å².